The van der Waals surface area contributed by atoms with Crippen LogP contribution in [0.1, 0.15) is 78.7 Å². The predicted octanol–water partition coefficient (Wildman–Crippen LogP) is 7.50. The first-order valence-electron chi connectivity index (χ1n) is 15.0. The van der Waals surface area contributed by atoms with E-state index < -0.39 is 29.6 Å². The Morgan fingerprint density at radius 2 is 1.72 bits per heavy atom. The average molecular weight is 592 g/mol. The summed E-state index contributed by atoms with van der Waals surface area (Å²) in [5.74, 6) is -4.49. The summed E-state index contributed by atoms with van der Waals surface area (Å²) in [7, 11) is 0. The molecule has 2 aliphatic heterocycles. The lowest BCUT2D eigenvalue weighted by Gasteiger charge is -2.41. The average Bonchev–Trinajstić information content (AvgIpc) is 3.30. The molecule has 2 fully saturated rings. The highest BCUT2D eigenvalue weighted by molar-refractivity contribution is 5.98. The molecule has 5 nitrogen and oxygen atoms in total. The van der Waals surface area contributed by atoms with E-state index in [1.807, 2.05) is 48.5 Å². The maximum atomic E-state index is 15.0. The van der Waals surface area contributed by atoms with Crippen molar-refractivity contribution in [3.8, 4) is 0 Å². The Balaban J connectivity index is 1.46. The Labute approximate surface area is 252 Å². The van der Waals surface area contributed by atoms with Gasteiger partial charge in [0.2, 0.25) is 5.91 Å². The maximum Gasteiger partial charge on any atom is 0.261 e. The van der Waals surface area contributed by atoms with Crippen LogP contribution in [-0.4, -0.2) is 47.2 Å². The van der Waals surface area contributed by atoms with Gasteiger partial charge in [0, 0.05) is 31.7 Å². The lowest BCUT2D eigenvalue weighted by Crippen LogP contribution is -2.46. The van der Waals surface area contributed by atoms with Gasteiger partial charge in [-0.1, -0.05) is 69.3 Å². The van der Waals surface area contributed by atoms with Gasteiger partial charge in [0.15, 0.2) is 0 Å². The molecule has 3 aromatic rings. The molecule has 0 saturated carbocycles. The molecule has 0 bridgehead atoms. The highest BCUT2D eigenvalue weighted by Gasteiger charge is 2.41. The Morgan fingerprint density at radius 1 is 1.00 bits per heavy atom. The van der Waals surface area contributed by atoms with E-state index >= 15 is 0 Å². The Bertz CT molecular complexity index is 1460. The number of halogens is 3. The van der Waals surface area contributed by atoms with Crippen LogP contribution < -0.4 is 5.32 Å². The van der Waals surface area contributed by atoms with Crippen molar-refractivity contribution in [1.29, 1.82) is 0 Å². The predicted molar refractivity (Wildman–Crippen MR) is 163 cm³/mol. The zero-order valence-corrected chi connectivity index (χ0v) is 25.3. The summed E-state index contributed by atoms with van der Waals surface area (Å²) in [4.78, 5) is 31.2. The van der Waals surface area contributed by atoms with Gasteiger partial charge < -0.3 is 10.2 Å². The number of amides is 2. The van der Waals surface area contributed by atoms with Crippen molar-refractivity contribution < 1.29 is 22.8 Å². The maximum absolute atomic E-state index is 15.0. The third kappa shape index (κ3) is 6.96. The van der Waals surface area contributed by atoms with Gasteiger partial charge in [-0.15, -0.1) is 0 Å². The molecule has 228 valence electrons. The summed E-state index contributed by atoms with van der Waals surface area (Å²) in [5.41, 5.74) is 3.85. The summed E-state index contributed by atoms with van der Waals surface area (Å²) in [6.45, 7) is 8.88. The van der Waals surface area contributed by atoms with Crippen molar-refractivity contribution in [1.82, 2.24) is 9.80 Å². The molecule has 1 N–H and O–H groups in total. The topological polar surface area (TPSA) is 52.7 Å². The van der Waals surface area contributed by atoms with Gasteiger partial charge in [-0.3, -0.25) is 14.5 Å². The number of likely N-dealkylation sites (tertiary alicyclic amines) is 2. The molecule has 5 rings (SSSR count). The SMILES string of the molecule is Cc1cccc(F)c1C(=O)N1CCC[C@H](C(=O)Nc2cccc(C(C)(C)C)c2)[C@@H]1c1ccc(CN2CCC(F)(F)C2)cc1. The van der Waals surface area contributed by atoms with Crippen LogP contribution in [0.2, 0.25) is 0 Å². The van der Waals surface area contributed by atoms with Gasteiger partial charge in [0.05, 0.1) is 24.1 Å². The number of carbonyl (C=O) groups is 2. The molecule has 8 heteroatoms. The van der Waals surface area contributed by atoms with Crippen molar-refractivity contribution in [3.05, 3.63) is 100 Å². The van der Waals surface area contributed by atoms with E-state index in [2.05, 4.69) is 26.1 Å². The van der Waals surface area contributed by atoms with Crippen LogP contribution in [0.4, 0.5) is 18.9 Å². The molecule has 2 atom stereocenters. The first-order valence-corrected chi connectivity index (χ1v) is 15.0. The van der Waals surface area contributed by atoms with Crippen LogP contribution >= 0.6 is 0 Å². The van der Waals surface area contributed by atoms with Crippen LogP contribution in [0.3, 0.4) is 0 Å². The fourth-order valence-corrected chi connectivity index (χ4v) is 6.28. The second kappa shape index (κ2) is 12.2. The highest BCUT2D eigenvalue weighted by Crippen LogP contribution is 2.39. The zero-order chi connectivity index (χ0) is 30.9. The molecule has 0 unspecified atom stereocenters. The van der Waals surface area contributed by atoms with Crippen LogP contribution in [0.15, 0.2) is 66.7 Å². The van der Waals surface area contributed by atoms with E-state index in [1.54, 1.807) is 28.9 Å². The van der Waals surface area contributed by atoms with Gasteiger partial charge in [-0.25, -0.2) is 13.2 Å². The molecule has 0 aromatic heterocycles. The van der Waals surface area contributed by atoms with E-state index in [4.69, 9.17) is 0 Å². The van der Waals surface area contributed by atoms with Gasteiger partial charge in [-0.05, 0) is 65.6 Å². The Kier molecular flexibility index (Phi) is 8.70. The highest BCUT2D eigenvalue weighted by atomic mass is 19.3. The van der Waals surface area contributed by atoms with Gasteiger partial charge in [0.25, 0.3) is 11.8 Å². The number of piperidine rings is 1. The zero-order valence-electron chi connectivity index (χ0n) is 25.3. The normalized spacial score (nSPS) is 20.7. The van der Waals surface area contributed by atoms with Crippen molar-refractivity contribution >= 4 is 17.5 Å². The number of carbonyl (C=O) groups excluding carboxylic acids is 2. The van der Waals surface area contributed by atoms with E-state index in [-0.39, 0.29) is 29.9 Å². The number of nitrogens with one attached hydrogen (secondary N) is 1. The summed E-state index contributed by atoms with van der Waals surface area (Å²) in [6, 6.07) is 19.2. The lowest BCUT2D eigenvalue weighted by molar-refractivity contribution is -0.123. The van der Waals surface area contributed by atoms with Crippen molar-refractivity contribution in [3.63, 3.8) is 0 Å². The molecular weight excluding hydrogens is 551 g/mol. The van der Waals surface area contributed by atoms with Crippen LogP contribution in [-0.2, 0) is 16.8 Å². The van der Waals surface area contributed by atoms with Gasteiger partial charge >= 0.3 is 0 Å². The largest absolute Gasteiger partial charge is 0.331 e. The van der Waals surface area contributed by atoms with E-state index in [0.717, 1.165) is 16.7 Å². The van der Waals surface area contributed by atoms with Gasteiger partial charge in [0.1, 0.15) is 5.82 Å². The first kappa shape index (κ1) is 30.8. The fraction of sp³-hybridized carbons (Fsp3) is 0.429. The standard InChI is InChI=1S/C35H40F3N3O2/c1-23-8-5-12-29(36)30(23)33(43)41-18-7-11-28(32(42)39-27-10-6-9-26(20-27)34(2,3)4)31(41)25-15-13-24(14-16-25)21-40-19-17-35(37,38)22-40/h5-6,8-10,12-16,20,28,31H,7,11,17-19,21-22H2,1-4H3,(H,39,42)/t28-,31-/m0/s1. The minimum absolute atomic E-state index is 0.0121. The van der Waals surface area contributed by atoms with Crippen molar-refractivity contribution in [2.24, 2.45) is 5.92 Å². The molecule has 43 heavy (non-hydrogen) atoms. The number of benzene rings is 3. The summed E-state index contributed by atoms with van der Waals surface area (Å²) in [6.07, 6.45) is 1.01. The van der Waals surface area contributed by atoms with Crippen molar-refractivity contribution in [2.75, 3.05) is 25.0 Å². The number of rotatable bonds is 6. The Hall–Kier alpha value is -3.65. The summed E-state index contributed by atoms with van der Waals surface area (Å²) in [5, 5.41) is 3.08. The van der Waals surface area contributed by atoms with E-state index in [0.29, 0.717) is 43.7 Å². The number of hydrogen-bond acceptors (Lipinski definition) is 3. The molecule has 2 aliphatic rings. The third-order valence-corrected chi connectivity index (χ3v) is 8.64. The third-order valence-electron chi connectivity index (χ3n) is 8.64. The monoisotopic (exact) mass is 591 g/mol. The van der Waals surface area contributed by atoms with Crippen LogP contribution in [0.25, 0.3) is 0 Å². The van der Waals surface area contributed by atoms with Crippen molar-refractivity contribution in [2.45, 2.75) is 70.9 Å². The second-order valence-electron chi connectivity index (χ2n) is 13.0. The summed E-state index contributed by atoms with van der Waals surface area (Å²) < 4.78 is 42.4. The Morgan fingerprint density at radius 3 is 2.37 bits per heavy atom. The molecule has 0 radical (unpaired) electrons. The number of nitrogens with zero attached hydrogens (tertiary/aromatic N) is 2. The molecule has 2 saturated heterocycles. The number of anilines is 1. The lowest BCUT2D eigenvalue weighted by atomic mass is 9.82. The van der Waals surface area contributed by atoms with Gasteiger partial charge in [-0.2, -0.15) is 0 Å². The molecule has 0 aliphatic carbocycles. The molecule has 3 aromatic carbocycles. The quantitative estimate of drug-likeness (QED) is 0.323. The minimum atomic E-state index is -2.67. The molecule has 2 amide bonds. The first-order chi connectivity index (χ1) is 20.3. The van der Waals surface area contributed by atoms with E-state index in [1.165, 1.54) is 6.07 Å². The molecule has 2 heterocycles. The molecule has 0 spiro atoms. The second-order valence-corrected chi connectivity index (χ2v) is 13.0. The number of aryl methyl sites for hydroxylation is 1. The number of hydrogen-bond donors (Lipinski definition) is 1. The van der Waals surface area contributed by atoms with Crippen LogP contribution in [0, 0.1) is 18.7 Å². The van der Waals surface area contributed by atoms with E-state index in [9.17, 15) is 22.8 Å². The summed E-state index contributed by atoms with van der Waals surface area (Å²) >= 11 is 0. The fourth-order valence-electron chi connectivity index (χ4n) is 6.28. The minimum Gasteiger partial charge on any atom is -0.331 e. The smallest absolute Gasteiger partial charge is 0.261 e. The number of alkyl halides is 2. The van der Waals surface area contributed by atoms with Crippen LogP contribution in [0.5, 0.6) is 0 Å². The molecular formula is C35H40F3N3O2.